The maximum Gasteiger partial charge on any atom is 0.259 e. The summed E-state index contributed by atoms with van der Waals surface area (Å²) in [5, 5.41) is 3.03. The summed E-state index contributed by atoms with van der Waals surface area (Å²) in [6.07, 6.45) is 3.80. The van der Waals surface area contributed by atoms with E-state index in [9.17, 15) is 8.42 Å². The molecule has 0 fully saturated rings. The van der Waals surface area contributed by atoms with E-state index in [1.165, 1.54) is 12.5 Å². The second-order valence-electron chi connectivity index (χ2n) is 3.40. The minimum Gasteiger partial charge on any atom is -0.336 e. The molecule has 0 saturated carbocycles. The number of hydrogen-bond acceptors (Lipinski definition) is 4. The zero-order valence-electron chi connectivity index (χ0n) is 9.60. The average Bonchev–Trinajstić information content (AvgIpc) is 2.73. The van der Waals surface area contributed by atoms with Crippen LogP contribution in [-0.2, 0) is 16.6 Å². The molecule has 0 saturated heterocycles. The fourth-order valence-corrected chi connectivity index (χ4v) is 2.22. The van der Waals surface area contributed by atoms with Gasteiger partial charge in [-0.2, -0.15) is 0 Å². The number of aromatic nitrogens is 2. The molecule has 2 N–H and O–H groups in total. The Morgan fingerprint density at radius 2 is 2.19 bits per heavy atom. The maximum atomic E-state index is 11.7. The second kappa shape index (κ2) is 5.97. The predicted molar refractivity (Wildman–Crippen MR) is 61.6 cm³/mol. The molecule has 0 aromatic carbocycles. The molecule has 0 aliphatic rings. The van der Waals surface area contributed by atoms with E-state index < -0.39 is 10.0 Å². The number of hydrogen-bond donors (Lipinski definition) is 2. The Bertz CT molecular complexity index is 413. The monoisotopic (exact) mass is 246 g/mol. The van der Waals surface area contributed by atoms with Crippen molar-refractivity contribution in [3.8, 4) is 0 Å². The largest absolute Gasteiger partial charge is 0.336 e. The van der Waals surface area contributed by atoms with E-state index in [4.69, 9.17) is 0 Å². The zero-order chi connectivity index (χ0) is 12.0. The molecular formula is C9H18N4O2S. The molecule has 0 radical (unpaired) electrons. The number of nitrogens with one attached hydrogen (secondary N) is 2. The topological polar surface area (TPSA) is 76.0 Å². The second-order valence-corrected chi connectivity index (χ2v) is 5.11. The van der Waals surface area contributed by atoms with Gasteiger partial charge < -0.3 is 9.88 Å². The van der Waals surface area contributed by atoms with Crippen LogP contribution in [0.5, 0.6) is 0 Å². The van der Waals surface area contributed by atoms with Gasteiger partial charge in [0.05, 0.1) is 6.33 Å². The molecule has 1 aromatic heterocycles. The van der Waals surface area contributed by atoms with Crippen molar-refractivity contribution >= 4 is 10.0 Å². The van der Waals surface area contributed by atoms with Gasteiger partial charge in [0.2, 0.25) is 0 Å². The molecular weight excluding hydrogens is 228 g/mol. The third kappa shape index (κ3) is 3.58. The molecule has 7 heteroatoms. The smallest absolute Gasteiger partial charge is 0.259 e. The Morgan fingerprint density at radius 1 is 1.44 bits per heavy atom. The number of nitrogens with zero attached hydrogens (tertiary/aromatic N) is 2. The van der Waals surface area contributed by atoms with Crippen molar-refractivity contribution in [2.24, 2.45) is 0 Å². The first-order valence-corrected chi connectivity index (χ1v) is 6.74. The minimum atomic E-state index is -3.44. The summed E-state index contributed by atoms with van der Waals surface area (Å²) >= 11 is 0. The summed E-state index contributed by atoms with van der Waals surface area (Å²) in [7, 11) is -1.61. The third-order valence-corrected chi connectivity index (χ3v) is 3.49. The summed E-state index contributed by atoms with van der Waals surface area (Å²) in [5.74, 6) is 0. The summed E-state index contributed by atoms with van der Waals surface area (Å²) in [6, 6.07) is 0. The molecule has 6 nitrogen and oxygen atoms in total. The lowest BCUT2D eigenvalue weighted by atomic mass is 10.4. The van der Waals surface area contributed by atoms with E-state index in [-0.39, 0.29) is 5.03 Å². The fraction of sp³-hybridized carbons (Fsp3) is 0.667. The highest BCUT2D eigenvalue weighted by atomic mass is 32.2. The summed E-state index contributed by atoms with van der Waals surface area (Å²) in [5.41, 5.74) is 0. The van der Waals surface area contributed by atoms with Crippen LogP contribution in [0.15, 0.2) is 17.6 Å². The Balaban J connectivity index is 2.56. The minimum absolute atomic E-state index is 0.0822. The Kier molecular flexibility index (Phi) is 4.91. The van der Waals surface area contributed by atoms with Gasteiger partial charge in [-0.1, -0.05) is 0 Å². The number of aryl methyl sites for hydroxylation is 1. The predicted octanol–water partition coefficient (Wildman–Crippen LogP) is -0.209. The SMILES string of the molecule is CCn1cnc(S(=O)(=O)NCCCNC)c1. The van der Waals surface area contributed by atoms with Gasteiger partial charge in [-0.05, 0) is 26.9 Å². The van der Waals surface area contributed by atoms with Crippen molar-refractivity contribution in [2.75, 3.05) is 20.1 Å². The molecule has 1 heterocycles. The van der Waals surface area contributed by atoms with Crippen LogP contribution in [0, 0.1) is 0 Å². The Morgan fingerprint density at radius 3 is 2.75 bits per heavy atom. The van der Waals surface area contributed by atoms with E-state index in [1.54, 1.807) is 4.57 Å². The first-order valence-electron chi connectivity index (χ1n) is 5.26. The molecule has 0 unspecified atom stereocenters. The summed E-state index contributed by atoms with van der Waals surface area (Å²) < 4.78 is 27.7. The average molecular weight is 246 g/mol. The van der Waals surface area contributed by atoms with Gasteiger partial charge in [-0.15, -0.1) is 0 Å². The maximum absolute atomic E-state index is 11.7. The first kappa shape index (κ1) is 13.1. The van der Waals surface area contributed by atoms with Crippen LogP contribution in [0.4, 0.5) is 0 Å². The quantitative estimate of drug-likeness (QED) is 0.653. The highest BCUT2D eigenvalue weighted by Gasteiger charge is 2.15. The van der Waals surface area contributed by atoms with E-state index in [0.29, 0.717) is 13.1 Å². The van der Waals surface area contributed by atoms with E-state index in [1.807, 2.05) is 14.0 Å². The van der Waals surface area contributed by atoms with Crippen molar-refractivity contribution in [2.45, 2.75) is 24.9 Å². The van der Waals surface area contributed by atoms with Crippen LogP contribution < -0.4 is 10.0 Å². The molecule has 16 heavy (non-hydrogen) atoms. The fourth-order valence-electron chi connectivity index (χ4n) is 1.20. The lowest BCUT2D eigenvalue weighted by Crippen LogP contribution is -2.27. The summed E-state index contributed by atoms with van der Waals surface area (Å²) in [4.78, 5) is 3.85. The Hall–Kier alpha value is -0.920. The van der Waals surface area contributed by atoms with Crippen LogP contribution in [-0.4, -0.2) is 38.1 Å². The van der Waals surface area contributed by atoms with Crippen LogP contribution >= 0.6 is 0 Å². The standard InChI is InChI=1S/C9H18N4O2S/c1-3-13-7-9(11-8-13)16(14,15)12-6-4-5-10-2/h7-8,10,12H,3-6H2,1-2H3. The highest BCUT2D eigenvalue weighted by Crippen LogP contribution is 2.04. The van der Waals surface area contributed by atoms with Gasteiger partial charge in [-0.3, -0.25) is 0 Å². The third-order valence-electron chi connectivity index (χ3n) is 2.15. The normalized spacial score (nSPS) is 11.9. The molecule has 1 aromatic rings. The molecule has 0 aliphatic carbocycles. The Labute approximate surface area is 96.1 Å². The first-order chi connectivity index (χ1) is 7.60. The number of sulfonamides is 1. The molecule has 0 atom stereocenters. The number of imidazole rings is 1. The zero-order valence-corrected chi connectivity index (χ0v) is 10.4. The molecule has 0 aliphatic heterocycles. The van der Waals surface area contributed by atoms with Gasteiger partial charge in [0.15, 0.2) is 5.03 Å². The van der Waals surface area contributed by atoms with Crippen molar-refractivity contribution < 1.29 is 8.42 Å². The van der Waals surface area contributed by atoms with Crippen LogP contribution in [0.1, 0.15) is 13.3 Å². The van der Waals surface area contributed by atoms with Gasteiger partial charge in [0, 0.05) is 19.3 Å². The van der Waals surface area contributed by atoms with Crippen molar-refractivity contribution in [1.29, 1.82) is 0 Å². The molecule has 1 rings (SSSR count). The van der Waals surface area contributed by atoms with Crippen LogP contribution in [0.3, 0.4) is 0 Å². The lowest BCUT2D eigenvalue weighted by molar-refractivity contribution is 0.574. The van der Waals surface area contributed by atoms with Gasteiger partial charge >= 0.3 is 0 Å². The van der Waals surface area contributed by atoms with Gasteiger partial charge in [-0.25, -0.2) is 18.1 Å². The summed E-state index contributed by atoms with van der Waals surface area (Å²) in [6.45, 7) is 3.84. The molecule has 0 bridgehead atoms. The molecule has 0 amide bonds. The number of rotatable bonds is 7. The van der Waals surface area contributed by atoms with E-state index in [0.717, 1.165) is 13.0 Å². The van der Waals surface area contributed by atoms with E-state index >= 15 is 0 Å². The lowest BCUT2D eigenvalue weighted by Gasteiger charge is -2.03. The van der Waals surface area contributed by atoms with Crippen LogP contribution in [0.25, 0.3) is 0 Å². The van der Waals surface area contributed by atoms with Crippen molar-refractivity contribution in [3.05, 3.63) is 12.5 Å². The van der Waals surface area contributed by atoms with Crippen molar-refractivity contribution in [1.82, 2.24) is 19.6 Å². The van der Waals surface area contributed by atoms with Gasteiger partial charge in [0.25, 0.3) is 10.0 Å². The van der Waals surface area contributed by atoms with Gasteiger partial charge in [0.1, 0.15) is 0 Å². The van der Waals surface area contributed by atoms with Crippen molar-refractivity contribution in [3.63, 3.8) is 0 Å². The van der Waals surface area contributed by atoms with E-state index in [2.05, 4.69) is 15.0 Å². The molecule has 92 valence electrons. The molecule has 0 spiro atoms. The highest BCUT2D eigenvalue weighted by molar-refractivity contribution is 7.89. The van der Waals surface area contributed by atoms with Crippen LogP contribution in [0.2, 0.25) is 0 Å².